The molecular weight excluding hydrogens is 497 g/mol. The smallest absolute Gasteiger partial charge is 0.231 e. The van der Waals surface area contributed by atoms with Crippen molar-refractivity contribution in [2.75, 3.05) is 37.0 Å². The molecule has 2 atom stereocenters. The van der Waals surface area contributed by atoms with Crippen LogP contribution in [0.3, 0.4) is 0 Å². The van der Waals surface area contributed by atoms with E-state index in [4.69, 9.17) is 4.74 Å². The third kappa shape index (κ3) is 7.25. The quantitative estimate of drug-likeness (QED) is 0.443. The van der Waals surface area contributed by atoms with Crippen molar-refractivity contribution >= 4 is 23.3 Å². The Bertz CT molecular complexity index is 1250. The van der Waals surface area contributed by atoms with Gasteiger partial charge >= 0.3 is 0 Å². The summed E-state index contributed by atoms with van der Waals surface area (Å²) in [7, 11) is 2.10. The lowest BCUT2D eigenvalue weighted by atomic mass is 10.1. The summed E-state index contributed by atoms with van der Waals surface area (Å²) in [5.74, 6) is -0.678. The van der Waals surface area contributed by atoms with Crippen molar-refractivity contribution in [2.45, 2.75) is 45.7 Å². The number of halogens is 1. The maximum absolute atomic E-state index is 13.1. The summed E-state index contributed by atoms with van der Waals surface area (Å²) in [6.07, 6.45) is 2.58. The van der Waals surface area contributed by atoms with E-state index in [1.54, 1.807) is 23.1 Å². The molecule has 1 unspecified atom stereocenters. The van der Waals surface area contributed by atoms with Crippen LogP contribution < -0.4 is 10.2 Å². The van der Waals surface area contributed by atoms with Gasteiger partial charge in [-0.2, -0.15) is 5.10 Å². The number of nitrogens with one attached hydrogen (secondary N) is 1. The van der Waals surface area contributed by atoms with E-state index in [0.717, 1.165) is 43.1 Å². The molecule has 0 bridgehead atoms. The van der Waals surface area contributed by atoms with Crippen LogP contribution in [0.2, 0.25) is 0 Å². The molecule has 2 aromatic carbocycles. The molecule has 2 aliphatic heterocycles. The summed E-state index contributed by atoms with van der Waals surface area (Å²) in [4.78, 5) is 29.5. The molecule has 3 heterocycles. The van der Waals surface area contributed by atoms with Crippen LogP contribution in [0.25, 0.3) is 0 Å². The summed E-state index contributed by atoms with van der Waals surface area (Å²) in [5, 5.41) is 11.1. The minimum absolute atomic E-state index is 0. The van der Waals surface area contributed by atoms with Gasteiger partial charge in [-0.1, -0.05) is 31.7 Å². The van der Waals surface area contributed by atoms with Crippen LogP contribution >= 0.6 is 0 Å². The Morgan fingerprint density at radius 2 is 1.79 bits per heavy atom. The minimum Gasteiger partial charge on any atom is -0.380 e. The van der Waals surface area contributed by atoms with Gasteiger partial charge in [-0.05, 0) is 73.8 Å². The lowest BCUT2D eigenvalue weighted by Gasteiger charge is -2.23. The number of nitrogens with zero attached hydrogens (tertiary/aromatic N) is 4. The molecule has 3 aromatic rings. The number of hydrogen-bond donors (Lipinski definition) is 1. The number of carbonyl (C=O) groups excluding carboxylic acids is 2. The Balaban J connectivity index is 0.00000353. The van der Waals surface area contributed by atoms with Crippen LogP contribution in [-0.2, 0) is 33.7 Å². The highest BCUT2D eigenvalue weighted by molar-refractivity contribution is 6.03. The molecule has 0 aliphatic carbocycles. The van der Waals surface area contributed by atoms with Gasteiger partial charge in [-0.15, -0.1) is 5.10 Å². The van der Waals surface area contributed by atoms with Crippen molar-refractivity contribution in [2.24, 2.45) is 5.92 Å². The summed E-state index contributed by atoms with van der Waals surface area (Å²) in [6.45, 7) is 2.73. The molecule has 1 N–H and O–H groups in total. The molecule has 2 aliphatic rings. The fraction of sp³-hybridized carbons (Fsp3) is 0.400. The fourth-order valence-electron chi connectivity index (χ4n) is 4.91. The molecule has 0 saturated carbocycles. The number of aryl methyl sites for hydroxylation is 2. The van der Waals surface area contributed by atoms with Gasteiger partial charge in [0.15, 0.2) is 5.82 Å². The molecule has 8 nitrogen and oxygen atoms in total. The van der Waals surface area contributed by atoms with Gasteiger partial charge in [0.05, 0.1) is 18.2 Å². The summed E-state index contributed by atoms with van der Waals surface area (Å²) in [6, 6.07) is 18.3. The molecule has 2 fully saturated rings. The first kappa shape index (κ1) is 28.3. The summed E-state index contributed by atoms with van der Waals surface area (Å²) < 4.78 is 18.5. The van der Waals surface area contributed by atoms with Crippen molar-refractivity contribution in [3.8, 4) is 0 Å². The van der Waals surface area contributed by atoms with Crippen molar-refractivity contribution in [3.63, 3.8) is 0 Å². The number of ether oxygens (including phenoxy) is 1. The predicted molar refractivity (Wildman–Crippen MR) is 149 cm³/mol. The molecule has 1 aromatic heterocycles. The Morgan fingerprint density at radius 1 is 1.05 bits per heavy atom. The van der Waals surface area contributed by atoms with Gasteiger partial charge in [-0.25, -0.2) is 4.39 Å². The van der Waals surface area contributed by atoms with E-state index in [-0.39, 0.29) is 31.5 Å². The van der Waals surface area contributed by atoms with Crippen LogP contribution in [0.1, 0.15) is 37.1 Å². The first-order valence-electron chi connectivity index (χ1n) is 13.0. The minimum atomic E-state index is -0.462. The Hall–Kier alpha value is -3.69. The molecule has 2 amide bonds. The van der Waals surface area contributed by atoms with Crippen molar-refractivity contribution in [1.82, 2.24) is 15.1 Å². The predicted octanol–water partition coefficient (Wildman–Crippen LogP) is 4.25. The number of anilines is 2. The van der Waals surface area contributed by atoms with Crippen LogP contribution in [-0.4, -0.2) is 59.8 Å². The Morgan fingerprint density at radius 3 is 2.46 bits per heavy atom. The first-order chi connectivity index (χ1) is 18.4. The van der Waals surface area contributed by atoms with Crippen LogP contribution in [0.5, 0.6) is 0 Å². The van der Waals surface area contributed by atoms with Crippen LogP contribution in [0.15, 0.2) is 60.7 Å². The number of rotatable bonds is 9. The number of amides is 2. The van der Waals surface area contributed by atoms with Gasteiger partial charge in [-0.3, -0.25) is 14.5 Å². The van der Waals surface area contributed by atoms with E-state index in [1.807, 2.05) is 30.3 Å². The second kappa shape index (κ2) is 12.9. The van der Waals surface area contributed by atoms with Gasteiger partial charge in [0.1, 0.15) is 5.82 Å². The number of carbonyl (C=O) groups is 2. The van der Waals surface area contributed by atoms with Gasteiger partial charge in [0, 0.05) is 37.8 Å². The normalized spacial score (nSPS) is 18.8. The third-order valence-corrected chi connectivity index (χ3v) is 7.26. The molecule has 206 valence electrons. The second-order valence-electron chi connectivity index (χ2n) is 10.0. The van der Waals surface area contributed by atoms with E-state index in [1.165, 1.54) is 17.7 Å². The Kier molecular flexibility index (Phi) is 9.37. The van der Waals surface area contributed by atoms with E-state index in [9.17, 15) is 14.0 Å². The average molecular weight is 534 g/mol. The van der Waals surface area contributed by atoms with Crippen LogP contribution in [0, 0.1) is 11.7 Å². The maximum Gasteiger partial charge on any atom is 0.231 e. The highest BCUT2D eigenvalue weighted by atomic mass is 19.1. The van der Waals surface area contributed by atoms with Crippen molar-refractivity contribution < 1.29 is 18.7 Å². The Labute approximate surface area is 229 Å². The van der Waals surface area contributed by atoms with Crippen LogP contribution in [0.4, 0.5) is 15.9 Å². The molecular formula is C30H36FN5O3. The number of benzene rings is 2. The molecule has 5 rings (SSSR count). The molecule has 9 heteroatoms. The van der Waals surface area contributed by atoms with Gasteiger partial charge in [0.25, 0.3) is 0 Å². The summed E-state index contributed by atoms with van der Waals surface area (Å²) >= 11 is 0. The SMILES string of the molecule is C.CN(Cc1ccc(N2C[C@@H](C(=O)Nc3ccc(CCc4ccc(F)cc4)nn3)CC2=O)cc1)C1CCOC1. The monoisotopic (exact) mass is 533 g/mol. The van der Waals surface area contributed by atoms with Gasteiger partial charge in [0.2, 0.25) is 11.8 Å². The fourth-order valence-corrected chi connectivity index (χ4v) is 4.91. The zero-order chi connectivity index (χ0) is 26.5. The van der Waals surface area contributed by atoms with Gasteiger partial charge < -0.3 is 15.0 Å². The zero-order valence-corrected chi connectivity index (χ0v) is 21.5. The van der Waals surface area contributed by atoms with E-state index in [2.05, 4.69) is 27.5 Å². The van der Waals surface area contributed by atoms with E-state index >= 15 is 0 Å². The lowest BCUT2D eigenvalue weighted by molar-refractivity contribution is -0.122. The first-order valence-corrected chi connectivity index (χ1v) is 13.0. The van der Waals surface area contributed by atoms with Crippen molar-refractivity contribution in [1.29, 1.82) is 0 Å². The van der Waals surface area contributed by atoms with E-state index < -0.39 is 5.92 Å². The topological polar surface area (TPSA) is 87.7 Å². The second-order valence-corrected chi connectivity index (χ2v) is 10.0. The highest BCUT2D eigenvalue weighted by Crippen LogP contribution is 2.27. The van der Waals surface area contributed by atoms with E-state index in [0.29, 0.717) is 31.2 Å². The molecule has 0 radical (unpaired) electrons. The maximum atomic E-state index is 13.1. The van der Waals surface area contributed by atoms with Crippen molar-refractivity contribution in [3.05, 3.63) is 83.3 Å². The standard InChI is InChI=1S/C29H32FN5O3.CH4/c1-34(26-14-15-38-19-26)17-21-5-11-25(12-6-21)35-18-22(16-28(35)36)29(37)31-27-13-10-24(32-33-27)9-4-20-2-7-23(30)8-3-20;/h2-3,5-8,10-13,22,26H,4,9,14-19H2,1H3,(H,31,33,37);1H4/t22-,26?;/m0./s1. The lowest BCUT2D eigenvalue weighted by Crippen LogP contribution is -2.31. The molecule has 39 heavy (non-hydrogen) atoms. The third-order valence-electron chi connectivity index (χ3n) is 7.26. The molecule has 0 spiro atoms. The number of likely N-dealkylation sites (N-methyl/N-ethyl adjacent to an activating group) is 1. The summed E-state index contributed by atoms with van der Waals surface area (Å²) in [5.41, 5.74) is 3.76. The number of hydrogen-bond acceptors (Lipinski definition) is 6. The largest absolute Gasteiger partial charge is 0.380 e. The highest BCUT2D eigenvalue weighted by Gasteiger charge is 2.35. The average Bonchev–Trinajstić information content (AvgIpc) is 3.60. The number of aromatic nitrogens is 2. The zero-order valence-electron chi connectivity index (χ0n) is 21.5. The molecule has 2 saturated heterocycles.